The molecule has 28 heavy (non-hydrogen) atoms. The van der Waals surface area contributed by atoms with Gasteiger partial charge in [-0.05, 0) is 31.4 Å². The van der Waals surface area contributed by atoms with Gasteiger partial charge in [0, 0.05) is 44.4 Å². The van der Waals surface area contributed by atoms with E-state index in [1.807, 2.05) is 35.2 Å². The molecule has 0 aliphatic carbocycles. The zero-order chi connectivity index (χ0) is 19.3. The van der Waals surface area contributed by atoms with Crippen molar-refractivity contribution in [3.63, 3.8) is 0 Å². The summed E-state index contributed by atoms with van der Waals surface area (Å²) in [5, 5.41) is 0. The van der Waals surface area contributed by atoms with Gasteiger partial charge in [0.25, 0.3) is 0 Å². The Bertz CT molecular complexity index is 835. The van der Waals surface area contributed by atoms with Crippen LogP contribution in [0.2, 0.25) is 0 Å². The molecule has 0 atom stereocenters. The van der Waals surface area contributed by atoms with Crippen molar-refractivity contribution in [2.75, 3.05) is 26.2 Å². The number of benzene rings is 1. The Balaban J connectivity index is 1.37. The molecule has 0 radical (unpaired) electrons. The topological polar surface area (TPSA) is 75.6 Å². The molecule has 2 amide bonds. The van der Waals surface area contributed by atoms with Gasteiger partial charge in [0.15, 0.2) is 0 Å². The zero-order valence-electron chi connectivity index (χ0n) is 15.8. The van der Waals surface area contributed by atoms with E-state index in [0.29, 0.717) is 31.9 Å². The number of amides is 2. The molecule has 0 unspecified atom stereocenters. The molecule has 1 aromatic carbocycles. The summed E-state index contributed by atoms with van der Waals surface area (Å²) in [5.41, 5.74) is 0.841. The second kappa shape index (κ2) is 8.37. The minimum atomic E-state index is 0.0357. The summed E-state index contributed by atoms with van der Waals surface area (Å²) in [7, 11) is 0. The van der Waals surface area contributed by atoms with Crippen LogP contribution in [0.15, 0.2) is 42.7 Å². The Morgan fingerprint density at radius 1 is 1.07 bits per heavy atom. The molecule has 4 rings (SSSR count). The fourth-order valence-corrected chi connectivity index (χ4v) is 3.83. The summed E-state index contributed by atoms with van der Waals surface area (Å²) in [5.74, 6) is 1.58. The van der Waals surface area contributed by atoms with E-state index in [2.05, 4.69) is 9.97 Å². The molecular formula is C21H24N4O3. The highest BCUT2D eigenvalue weighted by molar-refractivity contribution is 5.85. The quantitative estimate of drug-likeness (QED) is 0.797. The van der Waals surface area contributed by atoms with Crippen molar-refractivity contribution in [2.45, 2.75) is 31.6 Å². The highest BCUT2D eigenvalue weighted by Crippen LogP contribution is 2.33. The molecule has 0 N–H and O–H groups in total. The standard InChI is InChI=1S/C21H24N4O3/c26-18-7-4-12-25(18)15-19(27)24-13-8-16(9-14-24)20-21(23-11-10-22-20)28-17-5-2-1-3-6-17/h1-3,5-6,10-11,16H,4,7-9,12-15H2. The van der Waals surface area contributed by atoms with Gasteiger partial charge >= 0.3 is 0 Å². The number of carbonyl (C=O) groups excluding carboxylic acids is 2. The third-order valence-corrected chi connectivity index (χ3v) is 5.38. The van der Waals surface area contributed by atoms with E-state index in [4.69, 9.17) is 4.74 Å². The van der Waals surface area contributed by atoms with E-state index < -0.39 is 0 Å². The van der Waals surface area contributed by atoms with Crippen molar-refractivity contribution < 1.29 is 14.3 Å². The number of ether oxygens (including phenoxy) is 1. The van der Waals surface area contributed by atoms with Crippen molar-refractivity contribution >= 4 is 11.8 Å². The van der Waals surface area contributed by atoms with Crippen LogP contribution < -0.4 is 4.74 Å². The third kappa shape index (κ3) is 4.13. The molecular weight excluding hydrogens is 356 g/mol. The van der Waals surface area contributed by atoms with Gasteiger partial charge in [0.1, 0.15) is 11.4 Å². The van der Waals surface area contributed by atoms with Gasteiger partial charge in [-0.3, -0.25) is 14.6 Å². The lowest BCUT2D eigenvalue weighted by Crippen LogP contribution is -2.44. The molecule has 2 fully saturated rings. The molecule has 2 aliphatic heterocycles. The Hall–Kier alpha value is -2.96. The van der Waals surface area contributed by atoms with Crippen LogP contribution in [0.3, 0.4) is 0 Å². The molecule has 2 aromatic rings. The summed E-state index contributed by atoms with van der Waals surface area (Å²) >= 11 is 0. The first kappa shape index (κ1) is 18.4. The average Bonchev–Trinajstić information content (AvgIpc) is 3.14. The van der Waals surface area contributed by atoms with E-state index in [-0.39, 0.29) is 24.3 Å². The molecule has 3 heterocycles. The molecule has 7 heteroatoms. The number of aromatic nitrogens is 2. The molecule has 0 spiro atoms. The fraction of sp³-hybridized carbons (Fsp3) is 0.429. The van der Waals surface area contributed by atoms with E-state index >= 15 is 0 Å². The van der Waals surface area contributed by atoms with Crippen molar-refractivity contribution in [3.8, 4) is 11.6 Å². The molecule has 2 aliphatic rings. The number of hydrogen-bond donors (Lipinski definition) is 0. The van der Waals surface area contributed by atoms with Crippen molar-refractivity contribution in [2.24, 2.45) is 0 Å². The van der Waals surface area contributed by atoms with Gasteiger partial charge in [-0.1, -0.05) is 18.2 Å². The summed E-state index contributed by atoms with van der Waals surface area (Å²) in [4.78, 5) is 36.7. The van der Waals surface area contributed by atoms with Crippen LogP contribution in [0, 0.1) is 0 Å². The van der Waals surface area contributed by atoms with Crippen LogP contribution in [0.5, 0.6) is 11.6 Å². The lowest BCUT2D eigenvalue weighted by molar-refractivity contribution is -0.139. The first-order valence-electron chi connectivity index (χ1n) is 9.80. The summed E-state index contributed by atoms with van der Waals surface area (Å²) < 4.78 is 5.94. The molecule has 2 saturated heterocycles. The van der Waals surface area contributed by atoms with E-state index in [1.54, 1.807) is 17.3 Å². The van der Waals surface area contributed by atoms with Gasteiger partial charge in [-0.25, -0.2) is 4.98 Å². The number of likely N-dealkylation sites (tertiary alicyclic amines) is 2. The smallest absolute Gasteiger partial charge is 0.242 e. The van der Waals surface area contributed by atoms with Crippen LogP contribution in [0.1, 0.15) is 37.3 Å². The summed E-state index contributed by atoms with van der Waals surface area (Å²) in [6.45, 7) is 2.22. The third-order valence-electron chi connectivity index (χ3n) is 5.38. The van der Waals surface area contributed by atoms with Gasteiger partial charge < -0.3 is 14.5 Å². The number of nitrogens with zero attached hydrogens (tertiary/aromatic N) is 4. The first-order valence-corrected chi connectivity index (χ1v) is 9.80. The van der Waals surface area contributed by atoms with Gasteiger partial charge in [-0.2, -0.15) is 0 Å². The average molecular weight is 380 g/mol. The number of piperidine rings is 1. The lowest BCUT2D eigenvalue weighted by Gasteiger charge is -2.33. The van der Waals surface area contributed by atoms with Crippen molar-refractivity contribution in [3.05, 3.63) is 48.4 Å². The van der Waals surface area contributed by atoms with Crippen molar-refractivity contribution in [1.82, 2.24) is 19.8 Å². The minimum Gasteiger partial charge on any atom is -0.437 e. The maximum atomic E-state index is 12.5. The maximum absolute atomic E-state index is 12.5. The van der Waals surface area contributed by atoms with E-state index in [1.165, 1.54) is 0 Å². The maximum Gasteiger partial charge on any atom is 0.242 e. The molecule has 1 aromatic heterocycles. The van der Waals surface area contributed by atoms with Crippen LogP contribution in [-0.4, -0.2) is 57.8 Å². The van der Waals surface area contributed by atoms with E-state index in [9.17, 15) is 9.59 Å². The molecule has 7 nitrogen and oxygen atoms in total. The largest absolute Gasteiger partial charge is 0.437 e. The van der Waals surface area contributed by atoms with E-state index in [0.717, 1.165) is 30.7 Å². The number of carbonyl (C=O) groups is 2. The van der Waals surface area contributed by atoms with Crippen LogP contribution in [0.4, 0.5) is 0 Å². The fourth-order valence-electron chi connectivity index (χ4n) is 3.83. The molecule has 146 valence electrons. The SMILES string of the molecule is O=C(CN1CCCC1=O)N1CCC(c2nccnc2Oc2ccccc2)CC1. The Morgan fingerprint density at radius 3 is 2.54 bits per heavy atom. The predicted octanol–water partition coefficient (Wildman–Crippen LogP) is 2.60. The first-order chi connectivity index (χ1) is 13.7. The highest BCUT2D eigenvalue weighted by atomic mass is 16.5. The summed E-state index contributed by atoms with van der Waals surface area (Å²) in [6, 6.07) is 9.55. The normalized spacial score (nSPS) is 17.8. The second-order valence-electron chi connectivity index (χ2n) is 7.24. The molecule has 0 bridgehead atoms. The van der Waals surface area contributed by atoms with Gasteiger partial charge in [-0.15, -0.1) is 0 Å². The van der Waals surface area contributed by atoms with Crippen molar-refractivity contribution in [1.29, 1.82) is 0 Å². The van der Waals surface area contributed by atoms with Crippen LogP contribution >= 0.6 is 0 Å². The second-order valence-corrected chi connectivity index (χ2v) is 7.24. The number of para-hydroxylation sites is 1. The predicted molar refractivity (Wildman–Crippen MR) is 103 cm³/mol. The molecule has 0 saturated carbocycles. The lowest BCUT2D eigenvalue weighted by atomic mass is 9.93. The zero-order valence-corrected chi connectivity index (χ0v) is 15.8. The summed E-state index contributed by atoms with van der Waals surface area (Å²) in [6.07, 6.45) is 6.35. The van der Waals surface area contributed by atoms with Gasteiger partial charge in [0.05, 0.1) is 6.54 Å². The van der Waals surface area contributed by atoms with Crippen LogP contribution in [0.25, 0.3) is 0 Å². The van der Waals surface area contributed by atoms with Crippen LogP contribution in [-0.2, 0) is 9.59 Å². The van der Waals surface area contributed by atoms with Gasteiger partial charge in [0.2, 0.25) is 17.7 Å². The Kier molecular flexibility index (Phi) is 5.50. The highest BCUT2D eigenvalue weighted by Gasteiger charge is 2.29. The Morgan fingerprint density at radius 2 is 1.82 bits per heavy atom. The number of hydrogen-bond acceptors (Lipinski definition) is 5. The monoisotopic (exact) mass is 380 g/mol. The minimum absolute atomic E-state index is 0.0357. The Labute approximate surface area is 164 Å². The number of rotatable bonds is 5.